The molecule has 3 aromatic rings. The van der Waals surface area contributed by atoms with Crippen LogP contribution >= 0.6 is 23.4 Å². The number of amides is 2. The number of benzene rings is 2. The number of hydrogen-bond donors (Lipinski definition) is 2. The fourth-order valence-corrected chi connectivity index (χ4v) is 5.51. The number of aliphatic imine (C=N–C) groups is 1. The van der Waals surface area contributed by atoms with Crippen LogP contribution in [0.5, 0.6) is 0 Å². The van der Waals surface area contributed by atoms with Crippen molar-refractivity contribution in [2.24, 2.45) is 4.99 Å². The third-order valence-electron chi connectivity index (χ3n) is 6.28. The predicted octanol–water partition coefficient (Wildman–Crippen LogP) is 3.75. The van der Waals surface area contributed by atoms with Crippen molar-refractivity contribution in [2.75, 3.05) is 26.7 Å². The van der Waals surface area contributed by atoms with Gasteiger partial charge >= 0.3 is 6.18 Å². The predicted molar refractivity (Wildman–Crippen MR) is 141 cm³/mol. The summed E-state index contributed by atoms with van der Waals surface area (Å²) in [6.45, 7) is 1.53. The molecule has 0 radical (unpaired) electrons. The Morgan fingerprint density at radius 3 is 2.87 bits per heavy atom. The van der Waals surface area contributed by atoms with Crippen molar-refractivity contribution in [2.45, 2.75) is 18.8 Å². The highest BCUT2D eigenvalue weighted by atomic mass is 35.5. The minimum Gasteiger partial charge on any atom is -0.358 e. The van der Waals surface area contributed by atoms with Gasteiger partial charge in [-0.15, -0.1) is 0 Å². The number of hydrogen-bond acceptors (Lipinski definition) is 6. The zero-order valence-corrected chi connectivity index (χ0v) is 21.6. The van der Waals surface area contributed by atoms with Gasteiger partial charge in [-0.3, -0.25) is 14.3 Å². The Hall–Kier alpha value is -3.35. The molecule has 2 N–H and O–H groups in total. The average Bonchev–Trinajstić information content (AvgIpc) is 3.46. The summed E-state index contributed by atoms with van der Waals surface area (Å²) in [6.07, 6.45) is -1.24. The monoisotopic (exact) mass is 562 g/mol. The number of piperazine rings is 1. The van der Waals surface area contributed by atoms with Crippen LogP contribution in [0.3, 0.4) is 0 Å². The Morgan fingerprint density at radius 2 is 2.11 bits per heavy atom. The van der Waals surface area contributed by atoms with Crippen LogP contribution in [0.4, 0.5) is 13.2 Å². The van der Waals surface area contributed by atoms with Gasteiger partial charge < -0.3 is 15.5 Å². The summed E-state index contributed by atoms with van der Waals surface area (Å²) < 4.78 is 42.0. The Morgan fingerprint density at radius 1 is 1.29 bits per heavy atom. The van der Waals surface area contributed by atoms with E-state index in [1.54, 1.807) is 31.5 Å². The topological polar surface area (TPSA) is 91.6 Å². The van der Waals surface area contributed by atoms with Crippen molar-refractivity contribution in [3.8, 4) is 0 Å². The first kappa shape index (κ1) is 26.3. The number of nitrogens with one attached hydrogen (secondary N) is 2. The molecule has 2 amide bonds. The van der Waals surface area contributed by atoms with Crippen molar-refractivity contribution in [3.05, 3.63) is 69.2 Å². The van der Waals surface area contributed by atoms with E-state index in [0.717, 1.165) is 11.6 Å². The second kappa shape index (κ2) is 10.4. The number of thioether (sulfide) groups is 1. The van der Waals surface area contributed by atoms with Crippen LogP contribution in [-0.2, 0) is 22.3 Å². The molecule has 3 heterocycles. The van der Waals surface area contributed by atoms with Crippen LogP contribution < -0.4 is 10.6 Å². The summed E-state index contributed by atoms with van der Waals surface area (Å²) in [6, 6.07) is 8.65. The smallest absolute Gasteiger partial charge is 0.358 e. The number of nitrogens with zero attached hydrogens (tertiary/aromatic N) is 4. The molecule has 0 spiro atoms. The molecule has 13 heteroatoms. The lowest BCUT2D eigenvalue weighted by Gasteiger charge is -2.33. The summed E-state index contributed by atoms with van der Waals surface area (Å²) in [7, 11) is 1.58. The number of carbonyl (C=O) groups is 2. The van der Waals surface area contributed by atoms with E-state index in [9.17, 15) is 22.8 Å². The first-order chi connectivity index (χ1) is 18.1. The van der Waals surface area contributed by atoms with Crippen LogP contribution in [0.15, 0.2) is 52.5 Å². The van der Waals surface area contributed by atoms with Crippen molar-refractivity contribution >= 4 is 57.3 Å². The van der Waals surface area contributed by atoms with Crippen molar-refractivity contribution in [1.82, 2.24) is 25.3 Å². The molecule has 2 aliphatic heterocycles. The molecule has 1 fully saturated rings. The number of alkyl halides is 3. The van der Waals surface area contributed by atoms with E-state index in [1.807, 2.05) is 11.0 Å². The lowest BCUT2D eigenvalue weighted by molar-refractivity contribution is -0.138. The van der Waals surface area contributed by atoms with Crippen molar-refractivity contribution in [3.63, 3.8) is 0 Å². The molecule has 38 heavy (non-hydrogen) atoms. The van der Waals surface area contributed by atoms with Crippen LogP contribution in [0, 0.1) is 0 Å². The molecule has 0 bridgehead atoms. The Kier molecular flexibility index (Phi) is 7.21. The molecule has 2 aromatic carbocycles. The van der Waals surface area contributed by atoms with Crippen LogP contribution in [0.2, 0.25) is 5.02 Å². The first-order valence-corrected chi connectivity index (χ1v) is 12.9. The van der Waals surface area contributed by atoms with E-state index < -0.39 is 11.7 Å². The number of rotatable bonds is 4. The van der Waals surface area contributed by atoms with Gasteiger partial charge in [-0.2, -0.15) is 23.3 Å². The summed E-state index contributed by atoms with van der Waals surface area (Å²) >= 11 is 7.04. The van der Waals surface area contributed by atoms with Crippen molar-refractivity contribution < 1.29 is 22.8 Å². The van der Waals surface area contributed by atoms with Gasteiger partial charge in [0.1, 0.15) is 6.04 Å². The van der Waals surface area contributed by atoms with E-state index in [-0.39, 0.29) is 35.0 Å². The molecule has 2 aliphatic rings. The second-order valence-corrected chi connectivity index (χ2v) is 10.2. The largest absolute Gasteiger partial charge is 0.416 e. The zero-order chi connectivity index (χ0) is 27.0. The molecule has 0 saturated carbocycles. The van der Waals surface area contributed by atoms with Gasteiger partial charge in [0.05, 0.1) is 28.7 Å². The maximum Gasteiger partial charge on any atom is 0.416 e. The van der Waals surface area contributed by atoms with Gasteiger partial charge in [-0.25, -0.2) is 0 Å². The third-order valence-corrected chi connectivity index (χ3v) is 7.56. The Balaban J connectivity index is 1.33. The fourth-order valence-electron chi connectivity index (χ4n) is 4.39. The van der Waals surface area contributed by atoms with Gasteiger partial charge in [-0.1, -0.05) is 23.7 Å². The van der Waals surface area contributed by atoms with Gasteiger partial charge in [-0.05, 0) is 53.2 Å². The number of aromatic nitrogens is 2. The third kappa shape index (κ3) is 5.42. The molecule has 0 aliphatic carbocycles. The van der Waals surface area contributed by atoms with Crippen LogP contribution in [0.25, 0.3) is 17.0 Å². The normalized spacial score (nSPS) is 19.3. The number of fused-ring (bicyclic) bond motifs is 1. The number of likely N-dealkylation sites (N-methyl/N-ethyl adjacent to an activating group) is 1. The van der Waals surface area contributed by atoms with Crippen LogP contribution in [-0.4, -0.2) is 64.4 Å². The molecule has 1 aromatic heterocycles. The van der Waals surface area contributed by atoms with E-state index >= 15 is 0 Å². The standard InChI is InChI=1S/C25H22ClF3N6O2S/c1-30-22(36)19-13-34(7-6-31-19)24-33-23(37)21(38-24)9-14-2-5-20-16(8-14)11-32-35(20)12-15-3-4-17(26)10-18(15)25(27,28)29/h2-5,8-11,19,31H,6-7,12-13H2,1H3,(H,30,36)/t19-/m0/s1. The lowest BCUT2D eigenvalue weighted by atomic mass is 10.1. The number of carbonyl (C=O) groups excluding carboxylic acids is 2. The minimum absolute atomic E-state index is 0.0128. The summed E-state index contributed by atoms with van der Waals surface area (Å²) in [4.78, 5) is 31.1. The molecule has 5 rings (SSSR count). The minimum atomic E-state index is -4.54. The highest BCUT2D eigenvalue weighted by Gasteiger charge is 2.34. The maximum atomic E-state index is 13.5. The Labute approximate surface area is 224 Å². The SMILES string of the molecule is CNC(=O)[C@@H]1CN(C2=NC(=O)C(=Cc3ccc4c(cnn4Cc4ccc(Cl)cc4C(F)(F)F)c3)S2)CCN1. The fraction of sp³-hybridized carbons (Fsp3) is 0.280. The highest BCUT2D eigenvalue weighted by Crippen LogP contribution is 2.35. The number of halogens is 4. The second-order valence-electron chi connectivity index (χ2n) is 8.80. The number of amidine groups is 1. The summed E-state index contributed by atoms with van der Waals surface area (Å²) in [5, 5.41) is 11.3. The summed E-state index contributed by atoms with van der Waals surface area (Å²) in [5.74, 6) is -0.488. The zero-order valence-electron chi connectivity index (χ0n) is 20.1. The maximum absolute atomic E-state index is 13.5. The van der Waals surface area contributed by atoms with E-state index in [1.165, 1.54) is 28.6 Å². The van der Waals surface area contributed by atoms with E-state index in [4.69, 9.17) is 11.6 Å². The molecule has 0 unspecified atom stereocenters. The van der Waals surface area contributed by atoms with Gasteiger partial charge in [0.2, 0.25) is 5.91 Å². The lowest BCUT2D eigenvalue weighted by Crippen LogP contribution is -2.57. The molecule has 198 valence electrons. The summed E-state index contributed by atoms with van der Waals surface area (Å²) in [5.41, 5.74) is 0.644. The molecular weight excluding hydrogens is 541 g/mol. The van der Waals surface area contributed by atoms with Crippen molar-refractivity contribution in [1.29, 1.82) is 0 Å². The molecule has 8 nitrogen and oxygen atoms in total. The van der Waals surface area contributed by atoms with Gasteiger partial charge in [0.25, 0.3) is 5.91 Å². The average molecular weight is 563 g/mol. The quantitative estimate of drug-likeness (QED) is 0.471. The van der Waals surface area contributed by atoms with E-state index in [2.05, 4.69) is 20.7 Å². The van der Waals surface area contributed by atoms with E-state index in [0.29, 0.717) is 40.6 Å². The van der Waals surface area contributed by atoms with Crippen LogP contribution in [0.1, 0.15) is 16.7 Å². The highest BCUT2D eigenvalue weighted by molar-refractivity contribution is 8.18. The Bertz CT molecular complexity index is 1490. The van der Waals surface area contributed by atoms with Gasteiger partial charge in [0, 0.05) is 37.1 Å². The molecular formula is C25H22ClF3N6O2S. The molecule has 1 saturated heterocycles. The molecule has 1 atom stereocenters. The van der Waals surface area contributed by atoms with Gasteiger partial charge in [0.15, 0.2) is 5.17 Å². The first-order valence-electron chi connectivity index (χ1n) is 11.7.